The van der Waals surface area contributed by atoms with E-state index in [-0.39, 0.29) is 40.5 Å². The lowest BCUT2D eigenvalue weighted by Crippen LogP contribution is -2.54. The molecule has 6 N–H and O–H groups in total. The number of allylic oxidation sites excluding steroid dienone is 4. The molecule has 0 radical (unpaired) electrons. The second-order valence-corrected chi connectivity index (χ2v) is 57.8. The van der Waals surface area contributed by atoms with E-state index >= 15 is 0 Å². The summed E-state index contributed by atoms with van der Waals surface area (Å²) in [5, 5.41) is 33.8. The monoisotopic (exact) mass is 1970 g/mol. The number of likely N-dealkylation sites (N-methyl/N-ethyl adjacent to an activating group) is 1. The maximum Gasteiger partial charge on any atom is 0.274 e. The lowest BCUT2D eigenvalue weighted by atomic mass is 9.52. The fraction of sp³-hybridized carbons (Fsp3) is 0.883. The maximum absolute atomic E-state index is 12.7. The van der Waals surface area contributed by atoms with Gasteiger partial charge in [0.15, 0.2) is 0 Å². The van der Waals surface area contributed by atoms with Gasteiger partial charge in [-0.25, -0.2) is 14.5 Å². The van der Waals surface area contributed by atoms with Gasteiger partial charge < -0.3 is 39.8 Å². The second kappa shape index (κ2) is 38.0. The molecule has 21 nitrogen and oxygen atoms in total. The summed E-state index contributed by atoms with van der Waals surface area (Å²) in [7, 11) is 0.113. The van der Waals surface area contributed by atoms with Gasteiger partial charge in [0.2, 0.25) is 5.91 Å². The van der Waals surface area contributed by atoms with Gasteiger partial charge in [-0.2, -0.15) is 13.1 Å². The second-order valence-electron chi connectivity index (χ2n) is 56.4. The van der Waals surface area contributed by atoms with Crippen molar-refractivity contribution in [3.05, 3.63) is 69.4 Å². The van der Waals surface area contributed by atoms with Crippen LogP contribution in [0.2, 0.25) is 0 Å². The molecule has 1 amide bonds. The molecule has 142 heavy (non-hydrogen) atoms. The van der Waals surface area contributed by atoms with Crippen LogP contribution in [0.25, 0.3) is 0 Å². The Morgan fingerprint density at radius 3 is 1.16 bits per heavy atom. The molecule has 8 aliphatic heterocycles. The van der Waals surface area contributed by atoms with Crippen molar-refractivity contribution in [2.24, 2.45) is 169 Å². The van der Waals surface area contributed by atoms with Crippen LogP contribution in [-0.2, 0) is 38.7 Å². The average molecular weight is 1970 g/mol. The summed E-state index contributed by atoms with van der Waals surface area (Å²) in [6.07, 6.45) is 58.4. The molecule has 12 saturated carbocycles. The molecule has 26 rings (SSSR count). The van der Waals surface area contributed by atoms with Crippen molar-refractivity contribution in [3.63, 3.8) is 0 Å². The highest BCUT2D eigenvalue weighted by molar-refractivity contribution is 7.87. The Morgan fingerprint density at radius 2 is 0.789 bits per heavy atom. The van der Waals surface area contributed by atoms with Gasteiger partial charge in [0.05, 0.1) is 77.8 Å². The molecular formula is C120H189N13O8S. The molecule has 24 aliphatic rings. The number of ketones is 1. The van der Waals surface area contributed by atoms with E-state index in [1.54, 1.807) is 38.3 Å². The molecule has 2 aromatic heterocycles. The first-order valence-corrected chi connectivity index (χ1v) is 60.9. The van der Waals surface area contributed by atoms with Crippen LogP contribution in [-0.4, -0.2) is 184 Å². The molecule has 788 valence electrons. The van der Waals surface area contributed by atoms with Crippen LogP contribution < -0.4 is 25.8 Å². The molecule has 8 saturated heterocycles. The number of carbonyl (C=O) groups excluding carboxylic acids is 2. The third-order valence-electron chi connectivity index (χ3n) is 49.3. The minimum atomic E-state index is -3.63. The van der Waals surface area contributed by atoms with E-state index in [1.165, 1.54) is 193 Å². The van der Waals surface area contributed by atoms with E-state index in [0.717, 1.165) is 179 Å². The Labute approximate surface area is 855 Å². The van der Waals surface area contributed by atoms with Gasteiger partial charge >= 0.3 is 0 Å². The number of rotatable bonds is 6. The minimum Gasteiger partial charge on any atom is -0.369 e. The van der Waals surface area contributed by atoms with Gasteiger partial charge in [-0.05, 0) is 431 Å². The van der Waals surface area contributed by atoms with Crippen molar-refractivity contribution < 1.29 is 37.0 Å². The molecule has 0 aromatic carbocycles. The zero-order valence-corrected chi connectivity index (χ0v) is 92.0. The lowest BCUT2D eigenvalue weighted by Gasteiger charge is -2.54. The highest BCUT2D eigenvalue weighted by Gasteiger charge is 2.68. The van der Waals surface area contributed by atoms with Crippen LogP contribution in [0.4, 0.5) is 0 Å². The lowest BCUT2D eigenvalue weighted by molar-refractivity contribution is -0.132. The topological polar surface area (TPSA) is 247 Å². The molecule has 2 aromatic rings. The van der Waals surface area contributed by atoms with Crippen molar-refractivity contribution in [2.45, 2.75) is 457 Å². The van der Waals surface area contributed by atoms with Crippen molar-refractivity contribution >= 4 is 21.9 Å². The predicted molar refractivity (Wildman–Crippen MR) is 560 cm³/mol. The summed E-state index contributed by atoms with van der Waals surface area (Å²) < 4.78 is 58.6. The fourth-order valence-electron chi connectivity index (χ4n) is 41.6. The molecule has 22 heteroatoms. The van der Waals surface area contributed by atoms with E-state index < -0.39 is 10.2 Å². The maximum atomic E-state index is 12.7. The minimum absolute atomic E-state index is 0.00757. The van der Waals surface area contributed by atoms with Gasteiger partial charge in [0, 0.05) is 99.8 Å². The first-order chi connectivity index (χ1) is 67.8. The number of ether oxygens (including phenoxy) is 4. The number of amides is 1. The third kappa shape index (κ3) is 17.3. The van der Waals surface area contributed by atoms with E-state index in [0.29, 0.717) is 142 Å². The van der Waals surface area contributed by atoms with Crippen LogP contribution in [0.5, 0.6) is 0 Å². The van der Waals surface area contributed by atoms with Crippen LogP contribution in [0.3, 0.4) is 0 Å². The van der Waals surface area contributed by atoms with Gasteiger partial charge in [0.25, 0.3) is 10.2 Å². The molecule has 0 unspecified atom stereocenters. The van der Waals surface area contributed by atoms with Crippen molar-refractivity contribution in [2.75, 3.05) is 46.8 Å². The number of nitrogens with one attached hydrogen (secondary N) is 4. The summed E-state index contributed by atoms with van der Waals surface area (Å²) >= 11 is 0. The number of carbonyl (C=O) groups is 2. The summed E-state index contributed by atoms with van der Waals surface area (Å²) in [4.78, 5) is 29.2. The van der Waals surface area contributed by atoms with Crippen LogP contribution in [0.1, 0.15) is 380 Å². The first kappa shape index (κ1) is 101. The molecule has 0 bridgehead atoms. The van der Waals surface area contributed by atoms with Crippen molar-refractivity contribution in [1.82, 2.24) is 60.5 Å². The highest BCUT2D eigenvalue weighted by Crippen LogP contribution is 2.72. The number of likely N-dealkylation sites (tertiary alicyclic amines) is 1. The van der Waals surface area contributed by atoms with E-state index in [1.807, 2.05) is 37.6 Å². The van der Waals surface area contributed by atoms with E-state index in [2.05, 4.69) is 179 Å². The summed E-state index contributed by atoms with van der Waals surface area (Å²) in [5.74, 6) is 18.3. The largest absolute Gasteiger partial charge is 0.369 e. The van der Waals surface area contributed by atoms with Crippen LogP contribution in [0, 0.1) is 164 Å². The predicted octanol–water partition coefficient (Wildman–Crippen LogP) is 21.6. The zero-order chi connectivity index (χ0) is 98.9. The van der Waals surface area contributed by atoms with Gasteiger partial charge in [-0.3, -0.25) is 14.5 Å². The Hall–Kier alpha value is -4.07. The number of piperidine rings is 4. The molecule has 43 atom stereocenters. The Kier molecular flexibility index (Phi) is 27.1. The standard InChI is InChI=1S/C32H50N2O3.2C30H46N4O.C28H47N3O3S/c1-19-13-28-30(34(17-19)18-29(36)33(5)6)21(3)32(37-28)12-10-24-25-8-7-22-14-23(35)9-11-31(22,4)27(25)15-26(24)20(2)16-32;2*1-18-13-27-28(31-17-18)20(3)30(35-27)10-8-23-24-6-5-21-14-22(34-12-11-32-33-34)7-9-29(21,4)26(24)15-25(23)19(2)16-30;1-16-11-25-26(30-15-16)18(3)28(34-25)10-8-21-22-6-5-19-12-20(31-35(29,32)33)7-9-27(19,4)24(22)13-23(21)17(2)14-28/h19,21-22,24-25,27-28,30H,7-18H2,1-6H3;2*11-12,18,20-24,26-28,31H,5-10,13-17H2,1-4H3;16,18-22,24-26,30-31H,5-15H2,1-4H3,(H2,29,32,33)/t19-,21+,22+,24-,25-,27-,28+,30-,31-,32-;18-,20+,21+,22+,23-,24-,26-,27+,28-,29-,30-;18-,20+,21+,22-,23-,24-,26-,27+,28-,29-,30-;16-,18+,19+,20-,21-,22-,24-,25+,26-,27-,28-/m0000/s1. The molecular weight excluding hydrogens is 1780 g/mol. The van der Waals surface area contributed by atoms with Crippen LogP contribution >= 0.6 is 0 Å². The highest BCUT2D eigenvalue weighted by atomic mass is 32.2. The summed E-state index contributed by atoms with van der Waals surface area (Å²) in [6.45, 7) is 44.5. The van der Waals surface area contributed by atoms with Gasteiger partial charge in [0.1, 0.15) is 5.78 Å². The van der Waals surface area contributed by atoms with Gasteiger partial charge in [-0.15, -0.1) is 10.2 Å². The SMILES string of the molecule is CC1=C2C[C@H]3[C@@H](CC[C@@H]4CC(=O)CC[C@@]43C)[C@@H]2CC[C@@]2(C1)O[C@@H]1C[C@H](C)CN(CC(=O)N(C)C)[C@H]1[C@H]2C.CC1=C2C[C@H]3[C@@H](CC[C@@H]4C[C@@H](NS(N)(=O)=O)CC[C@@]43C)[C@@H]2CC[C@@]2(C1)O[C@@H]1C[C@H](C)CN[C@H]1[C@H]2C.CC1=C2C[C@H]3[C@@H](CC[C@@H]4C[C@@H](n5ccnn5)CC[C@@]43C)[C@@H]2CC[C@@]2(C1)O[C@@H]1C[C@H](C)CN[C@H]1[C@H]2C.CC1=C2C[C@H]3[C@@H](CC[C@@H]4C[C@H](n5ccnn5)CC[C@@]43C)[C@@H]2CC[C@@]2(C1)O[C@@H]1C[C@H](C)CN[C@H]1[C@H]2C. The molecule has 4 spiro atoms. The number of aromatic nitrogens is 6. The van der Waals surface area contributed by atoms with E-state index in [4.69, 9.17) is 24.1 Å². The Bertz CT molecular complexity index is 5070. The molecule has 20 fully saturated rings. The quantitative estimate of drug-likeness (QED) is 0.169. The number of nitrogens with two attached hydrogens (primary N) is 1. The number of fused-ring (bicyclic) bond motifs is 24. The first-order valence-electron chi connectivity index (χ1n) is 59.4. The smallest absolute Gasteiger partial charge is 0.274 e. The number of hydrogen-bond acceptors (Lipinski definition) is 16. The number of Topliss-reactive ketones (excluding diaryl/α,β-unsaturated/α-hetero) is 1. The van der Waals surface area contributed by atoms with E-state index in [9.17, 15) is 18.0 Å². The average Bonchev–Trinajstić information content (AvgIpc) is 1.57. The summed E-state index contributed by atoms with van der Waals surface area (Å²) in [5.41, 5.74) is 15.7. The fourth-order valence-corrected chi connectivity index (χ4v) is 42.2. The van der Waals surface area contributed by atoms with Crippen molar-refractivity contribution in [3.8, 4) is 0 Å². The summed E-state index contributed by atoms with van der Waals surface area (Å²) in [6, 6.07) is 3.10. The van der Waals surface area contributed by atoms with Crippen LogP contribution in [0.15, 0.2) is 69.4 Å². The molecule has 10 heterocycles. The number of hydrogen-bond donors (Lipinski definition) is 5. The zero-order valence-electron chi connectivity index (χ0n) is 91.2. The molecule has 16 aliphatic carbocycles. The Morgan fingerprint density at radius 1 is 0.437 bits per heavy atom. The third-order valence-corrected chi connectivity index (χ3v) is 50.0. The van der Waals surface area contributed by atoms with Gasteiger partial charge in [-0.1, -0.05) is 138 Å². The van der Waals surface area contributed by atoms with Crippen molar-refractivity contribution in [1.29, 1.82) is 0 Å². The normalized spacial score (nSPS) is 50.6. The Balaban J connectivity index is 0.000000105. The number of nitrogens with zero attached hydrogens (tertiary/aromatic N) is 8.